The Balaban J connectivity index is 2.14. The molecular weight excluding hydrogens is 176 g/mol. The number of hydrogen-bond donors (Lipinski definition) is 2. The summed E-state index contributed by atoms with van der Waals surface area (Å²) in [5.41, 5.74) is -0.346. The zero-order valence-corrected chi connectivity index (χ0v) is 9.13. The van der Waals surface area contributed by atoms with E-state index < -0.39 is 5.60 Å². The molecule has 0 radical (unpaired) electrons. The highest BCUT2D eigenvalue weighted by Crippen LogP contribution is 2.52. The van der Waals surface area contributed by atoms with Crippen LogP contribution in [0, 0.1) is 5.41 Å². The van der Waals surface area contributed by atoms with Gasteiger partial charge in [0.2, 0.25) is 0 Å². The van der Waals surface area contributed by atoms with Crippen molar-refractivity contribution in [2.24, 2.45) is 5.41 Å². The molecule has 2 rings (SSSR count). The van der Waals surface area contributed by atoms with Gasteiger partial charge in [-0.2, -0.15) is 0 Å². The Morgan fingerprint density at radius 3 is 2.50 bits per heavy atom. The zero-order chi connectivity index (χ0) is 10.2. The molecule has 0 saturated heterocycles. The van der Waals surface area contributed by atoms with Crippen molar-refractivity contribution in [1.29, 1.82) is 0 Å². The first kappa shape index (κ1) is 10.4. The molecule has 0 aliphatic heterocycles. The Bertz CT molecular complexity index is 216. The maximum Gasteiger partial charge on any atom is 0.0701 e. The van der Waals surface area contributed by atoms with Crippen molar-refractivity contribution >= 4 is 0 Å². The van der Waals surface area contributed by atoms with E-state index in [0.29, 0.717) is 0 Å². The minimum Gasteiger partial charge on any atom is -0.393 e. The van der Waals surface area contributed by atoms with Crippen molar-refractivity contribution in [1.82, 2.24) is 0 Å². The van der Waals surface area contributed by atoms with Gasteiger partial charge in [0.25, 0.3) is 0 Å². The van der Waals surface area contributed by atoms with Crippen LogP contribution >= 0.6 is 0 Å². The minimum absolute atomic E-state index is 0.0778. The van der Waals surface area contributed by atoms with E-state index in [-0.39, 0.29) is 11.5 Å². The molecule has 0 heterocycles. The highest BCUT2D eigenvalue weighted by molar-refractivity contribution is 5.02. The van der Waals surface area contributed by atoms with Gasteiger partial charge in [-0.05, 0) is 56.8 Å². The average Bonchev–Trinajstić information content (AvgIpc) is 2.39. The first-order valence-corrected chi connectivity index (χ1v) is 5.96. The molecular formula is C12H22O2. The Labute approximate surface area is 86.3 Å². The fourth-order valence-corrected chi connectivity index (χ4v) is 3.35. The molecule has 0 aromatic rings. The third-order valence-electron chi connectivity index (χ3n) is 4.60. The van der Waals surface area contributed by atoms with Crippen LogP contribution in [0.25, 0.3) is 0 Å². The second-order valence-electron chi connectivity index (χ2n) is 5.53. The predicted molar refractivity (Wildman–Crippen MR) is 56.0 cm³/mol. The lowest BCUT2D eigenvalue weighted by Crippen LogP contribution is -2.43. The monoisotopic (exact) mass is 198 g/mol. The van der Waals surface area contributed by atoms with Crippen molar-refractivity contribution in [3.05, 3.63) is 0 Å². The Morgan fingerprint density at radius 2 is 1.71 bits per heavy atom. The van der Waals surface area contributed by atoms with Crippen LogP contribution in [0.15, 0.2) is 0 Å². The molecule has 0 unspecified atom stereocenters. The molecule has 2 saturated carbocycles. The first-order chi connectivity index (χ1) is 6.56. The first-order valence-electron chi connectivity index (χ1n) is 5.96. The van der Waals surface area contributed by atoms with Gasteiger partial charge in [0.15, 0.2) is 0 Å². The van der Waals surface area contributed by atoms with E-state index in [1.165, 1.54) is 0 Å². The van der Waals surface area contributed by atoms with E-state index in [9.17, 15) is 10.2 Å². The number of aliphatic hydroxyl groups excluding tert-OH is 1. The lowest BCUT2D eigenvalue weighted by Gasteiger charge is -2.42. The highest BCUT2D eigenvalue weighted by atomic mass is 16.3. The molecule has 82 valence electrons. The van der Waals surface area contributed by atoms with Crippen molar-refractivity contribution in [3.8, 4) is 0 Å². The predicted octanol–water partition coefficient (Wildman–Crippen LogP) is 2.23. The quantitative estimate of drug-likeness (QED) is 0.626. The van der Waals surface area contributed by atoms with Gasteiger partial charge in [-0.3, -0.25) is 0 Å². The Morgan fingerprint density at radius 1 is 1.00 bits per heavy atom. The summed E-state index contributed by atoms with van der Waals surface area (Å²) in [6.07, 6.45) is 7.74. The largest absolute Gasteiger partial charge is 0.393 e. The lowest BCUT2D eigenvalue weighted by molar-refractivity contribution is -0.0784. The van der Waals surface area contributed by atoms with E-state index >= 15 is 0 Å². The SMILES string of the molecule is C[C@@]12CCC[C@]1(O)CCC[C@@H](O)CC2. The van der Waals surface area contributed by atoms with Crippen LogP contribution in [0.2, 0.25) is 0 Å². The molecule has 0 spiro atoms. The summed E-state index contributed by atoms with van der Waals surface area (Å²) < 4.78 is 0. The number of aliphatic hydroxyl groups is 2. The van der Waals surface area contributed by atoms with Crippen molar-refractivity contribution in [3.63, 3.8) is 0 Å². The van der Waals surface area contributed by atoms with E-state index in [0.717, 1.165) is 51.4 Å². The highest BCUT2D eigenvalue weighted by Gasteiger charge is 2.50. The van der Waals surface area contributed by atoms with Gasteiger partial charge in [0, 0.05) is 0 Å². The standard InChI is InChI=1S/C12H22O2/c1-11-6-3-8-12(11,14)7-2-4-10(13)5-9-11/h10,13-14H,2-9H2,1H3/t10-,11+,12-/m1/s1. The fourth-order valence-electron chi connectivity index (χ4n) is 3.35. The molecule has 2 fully saturated rings. The number of rotatable bonds is 0. The fraction of sp³-hybridized carbons (Fsp3) is 1.00. The van der Waals surface area contributed by atoms with Crippen LogP contribution in [0.4, 0.5) is 0 Å². The van der Waals surface area contributed by atoms with Gasteiger partial charge in [-0.25, -0.2) is 0 Å². The third kappa shape index (κ3) is 1.59. The summed E-state index contributed by atoms with van der Waals surface area (Å²) >= 11 is 0. The molecule has 2 N–H and O–H groups in total. The van der Waals surface area contributed by atoms with Crippen LogP contribution < -0.4 is 0 Å². The number of fused-ring (bicyclic) bond motifs is 1. The molecule has 2 heteroatoms. The smallest absolute Gasteiger partial charge is 0.0701 e. The van der Waals surface area contributed by atoms with Gasteiger partial charge in [0.1, 0.15) is 0 Å². The molecule has 0 amide bonds. The van der Waals surface area contributed by atoms with E-state index in [1.54, 1.807) is 0 Å². The summed E-state index contributed by atoms with van der Waals surface area (Å²) in [6.45, 7) is 2.21. The van der Waals surface area contributed by atoms with Gasteiger partial charge in [0.05, 0.1) is 11.7 Å². The molecule has 2 aliphatic carbocycles. The van der Waals surface area contributed by atoms with Crippen LogP contribution in [0.5, 0.6) is 0 Å². The summed E-state index contributed by atoms with van der Waals surface area (Å²) in [5.74, 6) is 0. The van der Waals surface area contributed by atoms with E-state index in [1.807, 2.05) is 0 Å². The maximum absolute atomic E-state index is 10.6. The lowest BCUT2D eigenvalue weighted by atomic mass is 9.68. The molecule has 0 aromatic heterocycles. The molecule has 2 aliphatic rings. The summed E-state index contributed by atoms with van der Waals surface area (Å²) in [7, 11) is 0. The summed E-state index contributed by atoms with van der Waals surface area (Å²) in [5, 5.41) is 20.2. The van der Waals surface area contributed by atoms with Crippen molar-refractivity contribution in [2.75, 3.05) is 0 Å². The van der Waals surface area contributed by atoms with E-state index in [2.05, 4.69) is 6.92 Å². The maximum atomic E-state index is 10.6. The molecule has 0 bridgehead atoms. The summed E-state index contributed by atoms with van der Waals surface area (Å²) in [4.78, 5) is 0. The van der Waals surface area contributed by atoms with Gasteiger partial charge >= 0.3 is 0 Å². The Kier molecular flexibility index (Phi) is 2.61. The molecule has 0 aromatic carbocycles. The molecule has 2 nitrogen and oxygen atoms in total. The average molecular weight is 198 g/mol. The Hall–Kier alpha value is -0.0800. The normalized spacial score (nSPS) is 49.5. The minimum atomic E-state index is -0.423. The van der Waals surface area contributed by atoms with Gasteiger partial charge in [-0.1, -0.05) is 6.92 Å². The summed E-state index contributed by atoms with van der Waals surface area (Å²) in [6, 6.07) is 0. The second kappa shape index (κ2) is 3.49. The van der Waals surface area contributed by atoms with Crippen LogP contribution in [-0.2, 0) is 0 Å². The number of hydrogen-bond acceptors (Lipinski definition) is 2. The van der Waals surface area contributed by atoms with Gasteiger partial charge < -0.3 is 10.2 Å². The van der Waals surface area contributed by atoms with E-state index in [4.69, 9.17) is 0 Å². The zero-order valence-electron chi connectivity index (χ0n) is 9.13. The molecule has 14 heavy (non-hydrogen) atoms. The van der Waals surface area contributed by atoms with Crippen LogP contribution in [-0.4, -0.2) is 21.9 Å². The van der Waals surface area contributed by atoms with Crippen molar-refractivity contribution in [2.45, 2.75) is 70.0 Å². The van der Waals surface area contributed by atoms with Crippen LogP contribution in [0.3, 0.4) is 0 Å². The van der Waals surface area contributed by atoms with Crippen molar-refractivity contribution < 1.29 is 10.2 Å². The second-order valence-corrected chi connectivity index (χ2v) is 5.53. The van der Waals surface area contributed by atoms with Crippen LogP contribution in [0.1, 0.15) is 58.3 Å². The topological polar surface area (TPSA) is 40.5 Å². The molecule has 3 atom stereocenters. The third-order valence-corrected chi connectivity index (χ3v) is 4.60. The van der Waals surface area contributed by atoms with Gasteiger partial charge in [-0.15, -0.1) is 0 Å².